The van der Waals surface area contributed by atoms with Gasteiger partial charge in [-0.05, 0) is 18.1 Å². The normalized spacial score (nSPS) is 26.3. The Morgan fingerprint density at radius 2 is 1.79 bits per heavy atom. The average Bonchev–Trinajstić information content (AvgIpc) is 2.81. The Kier molecular flexibility index (Phi) is 6.54. The smallest absolute Gasteiger partial charge is 0.508 e. The van der Waals surface area contributed by atoms with Gasteiger partial charge >= 0.3 is 18.4 Å². The monoisotopic (exact) mass is 556 g/mol. The van der Waals surface area contributed by atoms with Crippen LogP contribution < -0.4 is 11.1 Å². The summed E-state index contributed by atoms with van der Waals surface area (Å²) in [6.45, 7) is -1.19. The summed E-state index contributed by atoms with van der Waals surface area (Å²) in [5, 5.41) is 44.9. The minimum Gasteiger partial charge on any atom is -0.508 e. The van der Waals surface area contributed by atoms with Crippen LogP contribution in [0.5, 0.6) is 5.75 Å². The highest BCUT2D eigenvalue weighted by Gasteiger charge is 2.65. The van der Waals surface area contributed by atoms with E-state index in [0.29, 0.717) is 0 Å². The fourth-order valence-electron chi connectivity index (χ4n) is 5.20. The standard InChI is InChI=1S/C23H19F3N2O11/c24-23(25,26)39-21(36)28-6-12(31)38-17-8-4-7-2-1-3-10(29)13(7)16(32)14(8)18(33)22(37)9(17)5-11(30)15(19(22)34)20(27)35/h1-3,8-9,17,29,32,34,37H,4-6H2,(H2,27,35)(H,28,36)/t8-,9-,17+,22+/m1/s1. The molecule has 7 N–H and O–H groups in total. The average molecular weight is 556 g/mol. The molecule has 208 valence electrons. The number of hydrogen-bond donors (Lipinski definition) is 6. The SMILES string of the molecule is NC(=O)C1=C(O)[C@@]2(O)C(=O)C3=C(O)c4c(O)cccc4C[C@H]3[C@H](OC(=O)CNC(=O)OC(F)(F)F)[C@H]2CC1=O. The molecule has 1 fully saturated rings. The summed E-state index contributed by atoms with van der Waals surface area (Å²) < 4.78 is 45.0. The topological polar surface area (TPSA) is 223 Å². The van der Waals surface area contributed by atoms with E-state index in [0.717, 1.165) is 0 Å². The maximum absolute atomic E-state index is 13.6. The zero-order chi connectivity index (χ0) is 29.0. The van der Waals surface area contributed by atoms with Gasteiger partial charge in [0, 0.05) is 23.8 Å². The molecule has 0 saturated heterocycles. The number of aliphatic hydroxyl groups excluding tert-OH is 2. The molecule has 1 saturated carbocycles. The van der Waals surface area contributed by atoms with E-state index >= 15 is 0 Å². The Morgan fingerprint density at radius 3 is 2.41 bits per heavy atom. The number of amides is 2. The molecule has 3 aliphatic rings. The highest BCUT2D eigenvalue weighted by atomic mass is 19.4. The summed E-state index contributed by atoms with van der Waals surface area (Å²) in [5.41, 5.74) is 0.342. The third kappa shape index (κ3) is 4.52. The number of halogens is 3. The van der Waals surface area contributed by atoms with E-state index in [-0.39, 0.29) is 17.5 Å². The summed E-state index contributed by atoms with van der Waals surface area (Å²) in [6, 6.07) is 4.05. The summed E-state index contributed by atoms with van der Waals surface area (Å²) in [5.74, 6) is -11.2. The number of ether oxygens (including phenoxy) is 2. The number of hydrogen-bond acceptors (Lipinski definition) is 11. The molecule has 39 heavy (non-hydrogen) atoms. The van der Waals surface area contributed by atoms with Gasteiger partial charge < -0.3 is 41.0 Å². The van der Waals surface area contributed by atoms with Crippen LogP contribution in [-0.2, 0) is 35.1 Å². The van der Waals surface area contributed by atoms with Crippen LogP contribution in [0, 0.1) is 11.8 Å². The third-order valence-corrected chi connectivity index (χ3v) is 6.73. The number of rotatable bonds is 4. The van der Waals surface area contributed by atoms with E-state index in [4.69, 9.17) is 10.5 Å². The first-order chi connectivity index (χ1) is 18.1. The van der Waals surface area contributed by atoms with E-state index in [9.17, 15) is 57.6 Å². The number of aliphatic hydroxyl groups is 3. The molecule has 13 nitrogen and oxygen atoms in total. The van der Waals surface area contributed by atoms with Gasteiger partial charge in [-0.3, -0.25) is 19.2 Å². The number of primary amides is 1. The van der Waals surface area contributed by atoms with Crippen molar-refractivity contribution in [2.24, 2.45) is 17.6 Å². The van der Waals surface area contributed by atoms with Gasteiger partial charge in [-0.2, -0.15) is 0 Å². The van der Waals surface area contributed by atoms with Crippen molar-refractivity contribution in [3.63, 3.8) is 0 Å². The number of carbonyl (C=O) groups excluding carboxylic acids is 5. The number of alkyl carbamates (subject to hydrolysis) is 1. The largest absolute Gasteiger partial charge is 0.576 e. The molecule has 2 amide bonds. The van der Waals surface area contributed by atoms with E-state index in [1.165, 1.54) is 23.5 Å². The predicted molar refractivity (Wildman–Crippen MR) is 117 cm³/mol. The van der Waals surface area contributed by atoms with Crippen LogP contribution in [0.25, 0.3) is 5.76 Å². The van der Waals surface area contributed by atoms with Gasteiger partial charge in [0.2, 0.25) is 5.78 Å². The number of nitrogens with one attached hydrogen (secondary N) is 1. The van der Waals surface area contributed by atoms with Crippen molar-refractivity contribution < 1.29 is 67.0 Å². The second-order valence-corrected chi connectivity index (χ2v) is 8.94. The highest BCUT2D eigenvalue weighted by Crippen LogP contribution is 2.52. The molecule has 0 spiro atoms. The first-order valence-corrected chi connectivity index (χ1v) is 11.1. The van der Waals surface area contributed by atoms with Crippen molar-refractivity contribution in [3.8, 4) is 5.75 Å². The third-order valence-electron chi connectivity index (χ3n) is 6.73. The van der Waals surface area contributed by atoms with Crippen molar-refractivity contribution in [3.05, 3.63) is 46.2 Å². The van der Waals surface area contributed by atoms with Crippen molar-refractivity contribution in [2.45, 2.75) is 30.9 Å². The molecule has 0 heterocycles. The zero-order valence-electron chi connectivity index (χ0n) is 19.4. The van der Waals surface area contributed by atoms with Crippen LogP contribution in [0.15, 0.2) is 35.1 Å². The molecule has 3 aliphatic carbocycles. The number of phenolic OH excluding ortho intramolecular Hbond substituents is 1. The Bertz CT molecular complexity index is 1380. The molecule has 0 radical (unpaired) electrons. The Hall–Kier alpha value is -4.60. The lowest BCUT2D eigenvalue weighted by Crippen LogP contribution is -2.64. The molecule has 4 rings (SSSR count). The summed E-state index contributed by atoms with van der Waals surface area (Å²) >= 11 is 0. The maximum atomic E-state index is 13.6. The molecule has 0 aromatic heterocycles. The van der Waals surface area contributed by atoms with Crippen LogP contribution in [0.3, 0.4) is 0 Å². The lowest BCUT2D eigenvalue weighted by molar-refractivity contribution is -0.291. The Labute approximate surface area is 215 Å². The fraction of sp³-hybridized carbons (Fsp3) is 0.348. The quantitative estimate of drug-likeness (QED) is 0.217. The van der Waals surface area contributed by atoms with Gasteiger partial charge in [-0.25, -0.2) is 4.79 Å². The molecular weight excluding hydrogens is 537 g/mol. The first kappa shape index (κ1) is 27.4. The number of esters is 1. The Morgan fingerprint density at radius 1 is 1.13 bits per heavy atom. The summed E-state index contributed by atoms with van der Waals surface area (Å²) in [6.07, 6.45) is -10.2. The lowest BCUT2D eigenvalue weighted by atomic mass is 9.57. The molecule has 0 bridgehead atoms. The van der Waals surface area contributed by atoms with Crippen LogP contribution in [0.4, 0.5) is 18.0 Å². The van der Waals surface area contributed by atoms with Crippen LogP contribution in [0.2, 0.25) is 0 Å². The predicted octanol–water partition coefficient (Wildman–Crippen LogP) is 0.192. The van der Waals surface area contributed by atoms with E-state index in [2.05, 4.69) is 4.74 Å². The molecular formula is C23H19F3N2O11. The number of fused-ring (bicyclic) bond motifs is 3. The number of benzene rings is 1. The van der Waals surface area contributed by atoms with E-state index in [1.807, 2.05) is 0 Å². The number of phenols is 1. The van der Waals surface area contributed by atoms with Crippen molar-refractivity contribution >= 4 is 35.3 Å². The van der Waals surface area contributed by atoms with Crippen molar-refractivity contribution in [2.75, 3.05) is 6.54 Å². The van der Waals surface area contributed by atoms with Crippen LogP contribution >= 0.6 is 0 Å². The number of alkyl halides is 3. The van der Waals surface area contributed by atoms with Gasteiger partial charge in [0.1, 0.15) is 35.5 Å². The van der Waals surface area contributed by atoms with Gasteiger partial charge in [-0.1, -0.05) is 12.1 Å². The maximum Gasteiger partial charge on any atom is 0.576 e. The zero-order valence-corrected chi connectivity index (χ0v) is 19.4. The number of ketones is 2. The summed E-state index contributed by atoms with van der Waals surface area (Å²) in [7, 11) is 0. The van der Waals surface area contributed by atoms with Crippen molar-refractivity contribution in [1.29, 1.82) is 0 Å². The van der Waals surface area contributed by atoms with Crippen LogP contribution in [0.1, 0.15) is 17.5 Å². The number of aromatic hydroxyl groups is 1. The van der Waals surface area contributed by atoms with Crippen LogP contribution in [-0.4, -0.2) is 74.6 Å². The number of carbonyl (C=O) groups is 5. The van der Waals surface area contributed by atoms with Gasteiger partial charge in [-0.15, -0.1) is 13.2 Å². The highest BCUT2D eigenvalue weighted by molar-refractivity contribution is 6.23. The molecule has 1 aromatic rings. The second-order valence-electron chi connectivity index (χ2n) is 8.94. The van der Waals surface area contributed by atoms with Gasteiger partial charge in [0.25, 0.3) is 5.91 Å². The Balaban J connectivity index is 1.79. The van der Waals surface area contributed by atoms with Crippen molar-refractivity contribution in [1.82, 2.24) is 5.32 Å². The molecule has 1 aromatic carbocycles. The van der Waals surface area contributed by atoms with Gasteiger partial charge in [0.15, 0.2) is 11.4 Å². The number of nitrogens with two attached hydrogens (primary N) is 1. The lowest BCUT2D eigenvalue weighted by Gasteiger charge is -2.49. The van der Waals surface area contributed by atoms with Gasteiger partial charge in [0.05, 0.1) is 5.56 Å². The molecule has 16 heteroatoms. The minimum atomic E-state index is -5.35. The fourth-order valence-corrected chi connectivity index (χ4v) is 5.20. The van der Waals surface area contributed by atoms with E-state index < -0.39 is 101 Å². The molecule has 0 unspecified atom stereocenters. The van der Waals surface area contributed by atoms with E-state index in [1.54, 1.807) is 0 Å². The second kappa shape index (κ2) is 9.30. The summed E-state index contributed by atoms with van der Waals surface area (Å²) in [4.78, 5) is 61.8. The minimum absolute atomic E-state index is 0.203. The first-order valence-electron chi connectivity index (χ1n) is 11.1. The number of Topliss-reactive ketones (excluding diaryl/α,β-unsaturated/α-hetero) is 2. The molecule has 4 atom stereocenters. The molecule has 0 aliphatic heterocycles.